The summed E-state index contributed by atoms with van der Waals surface area (Å²) in [6.45, 7) is 6.35. The first-order valence-electron chi connectivity index (χ1n) is 13.0. The molecule has 7 nitrogen and oxygen atoms in total. The minimum absolute atomic E-state index is 0.00453. The van der Waals surface area contributed by atoms with E-state index in [1.807, 2.05) is 38.1 Å². The molecule has 1 unspecified atom stereocenters. The quantitative estimate of drug-likeness (QED) is 0.110. The molecule has 0 radical (unpaired) electrons. The summed E-state index contributed by atoms with van der Waals surface area (Å²) in [4.78, 5) is 13.2. The molecule has 2 N–H and O–H groups in total. The molecule has 0 aromatic heterocycles. The van der Waals surface area contributed by atoms with Gasteiger partial charge in [-0.2, -0.15) is 11.8 Å². The van der Waals surface area contributed by atoms with Crippen molar-refractivity contribution in [2.75, 3.05) is 51.6 Å². The minimum atomic E-state index is -0.860. The second-order valence-electron chi connectivity index (χ2n) is 8.18. The number of Topliss-reactive ketones (excluding diaryl/α,β-unsaturated/α-hetero) is 1. The summed E-state index contributed by atoms with van der Waals surface area (Å²) in [6.07, 6.45) is 3.36. The van der Waals surface area contributed by atoms with E-state index in [4.69, 9.17) is 28.7 Å². The summed E-state index contributed by atoms with van der Waals surface area (Å²) in [6, 6.07) is 15.1. The summed E-state index contributed by atoms with van der Waals surface area (Å²) in [5.41, 5.74) is 1.73. The zero-order chi connectivity index (χ0) is 26.7. The van der Waals surface area contributed by atoms with Crippen LogP contribution >= 0.6 is 20.1 Å². The lowest BCUT2D eigenvalue weighted by molar-refractivity contribution is 0.0982. The van der Waals surface area contributed by atoms with Gasteiger partial charge in [0.15, 0.2) is 14.2 Å². The Labute approximate surface area is 226 Å². The summed E-state index contributed by atoms with van der Waals surface area (Å²) in [5.74, 6) is 2.41. The van der Waals surface area contributed by atoms with E-state index in [0.29, 0.717) is 57.0 Å². The first-order valence-corrected chi connectivity index (χ1v) is 15.4. The molecule has 0 amide bonds. The van der Waals surface area contributed by atoms with Gasteiger partial charge in [-0.1, -0.05) is 12.1 Å². The van der Waals surface area contributed by atoms with Crippen LogP contribution in [0.2, 0.25) is 0 Å². The van der Waals surface area contributed by atoms with Gasteiger partial charge in [-0.3, -0.25) is 4.79 Å². The average Bonchev–Trinajstić information content (AvgIpc) is 2.91. The van der Waals surface area contributed by atoms with Crippen molar-refractivity contribution in [1.29, 1.82) is 0 Å². The van der Waals surface area contributed by atoms with Gasteiger partial charge in [0.05, 0.1) is 26.4 Å². The van der Waals surface area contributed by atoms with Gasteiger partial charge in [0.2, 0.25) is 0 Å². The van der Waals surface area contributed by atoms with E-state index >= 15 is 0 Å². The van der Waals surface area contributed by atoms with Crippen molar-refractivity contribution >= 4 is 25.9 Å². The van der Waals surface area contributed by atoms with Gasteiger partial charge >= 0.3 is 0 Å². The molecule has 0 bridgehead atoms. The van der Waals surface area contributed by atoms with Gasteiger partial charge in [-0.15, -0.1) is 0 Å². The largest absolute Gasteiger partial charge is 0.494 e. The first-order chi connectivity index (χ1) is 18.1. The maximum absolute atomic E-state index is 13.2. The Morgan fingerprint density at radius 2 is 1.38 bits per heavy atom. The highest BCUT2D eigenvalue weighted by molar-refractivity contribution is 7.99. The Balaban J connectivity index is 2.03. The van der Waals surface area contributed by atoms with Crippen LogP contribution in [0.3, 0.4) is 0 Å². The normalized spacial score (nSPS) is 12.0. The molecule has 0 saturated carbocycles. The van der Waals surface area contributed by atoms with E-state index in [-0.39, 0.29) is 24.2 Å². The molecule has 2 aromatic carbocycles. The highest BCUT2D eigenvalue weighted by Crippen LogP contribution is 2.40. The molecular formula is C28H41O7PS. The van der Waals surface area contributed by atoms with Gasteiger partial charge in [-0.25, -0.2) is 0 Å². The minimum Gasteiger partial charge on any atom is -0.494 e. The second kappa shape index (κ2) is 19.4. The lowest BCUT2D eigenvalue weighted by Crippen LogP contribution is -2.07. The summed E-state index contributed by atoms with van der Waals surface area (Å²) >= 11 is 1.78. The number of benzene rings is 2. The molecule has 0 spiro atoms. The summed E-state index contributed by atoms with van der Waals surface area (Å²) in [7, 11) is -0.860. The van der Waals surface area contributed by atoms with Crippen molar-refractivity contribution in [1.82, 2.24) is 0 Å². The highest BCUT2D eigenvalue weighted by Gasteiger charge is 2.19. The predicted molar refractivity (Wildman–Crippen MR) is 151 cm³/mol. The molecule has 0 heterocycles. The molecule has 1 atom stereocenters. The number of rotatable bonds is 21. The number of aliphatic hydroxyl groups is 2. The van der Waals surface area contributed by atoms with Crippen LogP contribution in [0.1, 0.15) is 60.7 Å². The Hall–Kier alpha value is -1.67. The monoisotopic (exact) mass is 552 g/mol. The Bertz CT molecular complexity index is 858. The van der Waals surface area contributed by atoms with Crippen molar-refractivity contribution in [2.45, 2.75) is 44.8 Å². The Kier molecular flexibility index (Phi) is 16.5. The topological polar surface area (TPSA) is 94.5 Å². The molecule has 37 heavy (non-hydrogen) atoms. The number of carbonyl (C=O) groups excluding carboxylic acids is 1. The van der Waals surface area contributed by atoms with Crippen LogP contribution in [0.15, 0.2) is 48.5 Å². The molecule has 2 rings (SSSR count). The maximum Gasteiger partial charge on any atom is 0.170 e. The first kappa shape index (κ1) is 31.5. The zero-order valence-corrected chi connectivity index (χ0v) is 23.7. The van der Waals surface area contributed by atoms with Crippen LogP contribution in [0.25, 0.3) is 0 Å². The van der Waals surface area contributed by atoms with E-state index in [9.17, 15) is 4.79 Å². The van der Waals surface area contributed by atoms with Gasteiger partial charge < -0.3 is 28.7 Å². The van der Waals surface area contributed by atoms with E-state index < -0.39 is 8.38 Å². The number of thioether (sulfide) groups is 1. The van der Waals surface area contributed by atoms with Crippen molar-refractivity contribution in [3.63, 3.8) is 0 Å². The predicted octanol–water partition coefficient (Wildman–Crippen LogP) is 6.03. The number of aliphatic hydroxyl groups excluding tert-OH is 2. The average molecular weight is 553 g/mol. The smallest absolute Gasteiger partial charge is 0.170 e. The molecule has 9 heteroatoms. The number of hydrogen-bond acceptors (Lipinski definition) is 8. The molecule has 0 aliphatic carbocycles. The van der Waals surface area contributed by atoms with E-state index in [1.54, 1.807) is 36.0 Å². The van der Waals surface area contributed by atoms with Crippen LogP contribution < -0.4 is 9.47 Å². The number of ketones is 1. The van der Waals surface area contributed by atoms with Crippen molar-refractivity contribution < 1.29 is 33.5 Å². The van der Waals surface area contributed by atoms with Gasteiger partial charge in [0.1, 0.15) is 11.5 Å². The van der Waals surface area contributed by atoms with Crippen LogP contribution in [-0.2, 0) is 9.05 Å². The van der Waals surface area contributed by atoms with Gasteiger partial charge in [-0.05, 0) is 68.0 Å². The van der Waals surface area contributed by atoms with E-state index in [2.05, 4.69) is 0 Å². The molecule has 0 saturated heterocycles. The Morgan fingerprint density at radius 3 is 1.89 bits per heavy atom. The summed E-state index contributed by atoms with van der Waals surface area (Å²) < 4.78 is 22.7. The zero-order valence-electron chi connectivity index (χ0n) is 22.0. The molecule has 0 aliphatic rings. The fourth-order valence-corrected chi connectivity index (χ4v) is 6.21. The van der Waals surface area contributed by atoms with Crippen molar-refractivity contribution in [2.24, 2.45) is 0 Å². The summed E-state index contributed by atoms with van der Waals surface area (Å²) in [5, 5.41) is 17.9. The van der Waals surface area contributed by atoms with Gasteiger partial charge in [0, 0.05) is 49.5 Å². The Morgan fingerprint density at radius 1 is 0.838 bits per heavy atom. The lowest BCUT2D eigenvalue weighted by Gasteiger charge is -2.19. The van der Waals surface area contributed by atoms with Crippen molar-refractivity contribution in [3.05, 3.63) is 59.7 Å². The van der Waals surface area contributed by atoms with Crippen molar-refractivity contribution in [3.8, 4) is 11.5 Å². The van der Waals surface area contributed by atoms with Gasteiger partial charge in [0.25, 0.3) is 0 Å². The maximum atomic E-state index is 13.2. The van der Waals surface area contributed by atoms with Crippen LogP contribution in [-0.4, -0.2) is 67.6 Å². The molecule has 0 fully saturated rings. The van der Waals surface area contributed by atoms with E-state index in [0.717, 1.165) is 29.6 Å². The lowest BCUT2D eigenvalue weighted by atomic mass is 10.0. The molecule has 0 aliphatic heterocycles. The number of carbonyl (C=O) groups is 1. The third-order valence-corrected chi connectivity index (χ3v) is 8.43. The highest BCUT2D eigenvalue weighted by atomic mass is 32.2. The van der Waals surface area contributed by atoms with Crippen LogP contribution in [0.5, 0.6) is 11.5 Å². The molecular weight excluding hydrogens is 511 g/mol. The third kappa shape index (κ3) is 12.6. The molecule has 206 valence electrons. The van der Waals surface area contributed by atoms with E-state index in [1.165, 1.54) is 0 Å². The molecule has 2 aromatic rings. The standard InChI is InChI=1S/C28H41O7PS/c1-3-34-36(35-4-2)20-7-21-37-28(24-10-14-26(15-11-24)33-19-6-17-30)22-27(31)23-8-12-25(13-9-23)32-18-5-16-29/h8-15,28-30H,3-7,16-22H2,1-2H3. The number of ether oxygens (including phenoxy) is 2. The third-order valence-electron chi connectivity index (χ3n) is 5.29. The SMILES string of the molecule is CCOP(CCCSC(CC(=O)c1ccc(OCCCO)cc1)c1ccc(OCCCO)cc1)OCC. The fourth-order valence-electron chi connectivity index (χ4n) is 3.46. The number of hydrogen-bond donors (Lipinski definition) is 2. The van der Waals surface area contributed by atoms with Crippen LogP contribution in [0.4, 0.5) is 0 Å². The fraction of sp³-hybridized carbons (Fsp3) is 0.536. The van der Waals surface area contributed by atoms with Crippen LogP contribution in [0, 0.1) is 0 Å². The second-order valence-corrected chi connectivity index (χ2v) is 11.1.